The number of thioether (sulfide) groups is 1. The molecule has 3 aromatic rings. The molecule has 0 fully saturated rings. The Labute approximate surface area is 173 Å². The van der Waals surface area contributed by atoms with Gasteiger partial charge in [0.2, 0.25) is 5.91 Å². The van der Waals surface area contributed by atoms with Crippen LogP contribution in [0.1, 0.15) is 25.2 Å². The van der Waals surface area contributed by atoms with Crippen molar-refractivity contribution in [2.24, 2.45) is 0 Å². The van der Waals surface area contributed by atoms with Crippen LogP contribution in [0.2, 0.25) is 0 Å². The fourth-order valence-electron chi connectivity index (χ4n) is 2.58. The Bertz CT molecular complexity index is 961. The summed E-state index contributed by atoms with van der Waals surface area (Å²) in [6.07, 6.45) is 2.80. The number of benzene rings is 1. The van der Waals surface area contributed by atoms with E-state index in [9.17, 15) is 4.79 Å². The quantitative estimate of drug-likeness (QED) is 0.432. The zero-order valence-electron chi connectivity index (χ0n) is 16.2. The summed E-state index contributed by atoms with van der Waals surface area (Å²) >= 11 is 2.79. The molecule has 1 aromatic carbocycles. The maximum atomic E-state index is 12.6. The predicted molar refractivity (Wildman–Crippen MR) is 116 cm³/mol. The van der Waals surface area contributed by atoms with Gasteiger partial charge in [-0.2, -0.15) is 0 Å². The number of nitrogens with one attached hydrogen (secondary N) is 1. The number of anilines is 1. The van der Waals surface area contributed by atoms with Crippen LogP contribution in [-0.4, -0.2) is 30.9 Å². The van der Waals surface area contributed by atoms with Crippen LogP contribution >= 0.6 is 23.1 Å². The molecule has 0 aliphatic rings. The molecular formula is C20H23N5OS2. The molecule has 1 amide bonds. The molecule has 3 rings (SSSR count). The highest BCUT2D eigenvalue weighted by molar-refractivity contribution is 8.00. The van der Waals surface area contributed by atoms with E-state index in [0.29, 0.717) is 16.8 Å². The van der Waals surface area contributed by atoms with Crippen LogP contribution in [0.3, 0.4) is 0 Å². The van der Waals surface area contributed by atoms with Crippen LogP contribution < -0.4 is 5.32 Å². The Balaban J connectivity index is 1.64. The Morgan fingerprint density at radius 1 is 1.36 bits per heavy atom. The van der Waals surface area contributed by atoms with Gasteiger partial charge in [-0.25, -0.2) is 4.98 Å². The van der Waals surface area contributed by atoms with Crippen molar-refractivity contribution in [3.63, 3.8) is 0 Å². The van der Waals surface area contributed by atoms with Gasteiger partial charge >= 0.3 is 0 Å². The van der Waals surface area contributed by atoms with E-state index in [4.69, 9.17) is 0 Å². The summed E-state index contributed by atoms with van der Waals surface area (Å²) in [6.45, 7) is 10.2. The summed E-state index contributed by atoms with van der Waals surface area (Å²) in [6, 6.07) is 8.33. The third-order valence-electron chi connectivity index (χ3n) is 4.26. The summed E-state index contributed by atoms with van der Waals surface area (Å²) < 4.78 is 1.93. The molecule has 1 N–H and O–H groups in total. The normalized spacial score (nSPS) is 12.0. The van der Waals surface area contributed by atoms with Crippen molar-refractivity contribution in [3.05, 3.63) is 53.7 Å². The van der Waals surface area contributed by atoms with Gasteiger partial charge < -0.3 is 9.88 Å². The van der Waals surface area contributed by atoms with E-state index in [2.05, 4.69) is 58.3 Å². The minimum absolute atomic E-state index is 0.113. The van der Waals surface area contributed by atoms with E-state index >= 15 is 0 Å². The van der Waals surface area contributed by atoms with Gasteiger partial charge in [-0.1, -0.05) is 49.0 Å². The third-order valence-corrected chi connectivity index (χ3v) is 6.10. The fourth-order valence-corrected chi connectivity index (χ4v) is 4.21. The third kappa shape index (κ3) is 4.69. The molecule has 6 nitrogen and oxygen atoms in total. The minimum atomic E-state index is -0.330. The zero-order valence-corrected chi connectivity index (χ0v) is 17.8. The van der Waals surface area contributed by atoms with Gasteiger partial charge in [-0.3, -0.25) is 4.79 Å². The summed E-state index contributed by atoms with van der Waals surface area (Å²) in [5, 5.41) is 14.1. The number of hydrogen-bond donors (Lipinski definition) is 1. The average molecular weight is 414 g/mol. The first kappa shape index (κ1) is 20.3. The lowest BCUT2D eigenvalue weighted by molar-refractivity contribution is -0.115. The van der Waals surface area contributed by atoms with E-state index in [1.165, 1.54) is 28.7 Å². The van der Waals surface area contributed by atoms with Crippen LogP contribution in [0.4, 0.5) is 5.13 Å². The molecule has 0 spiro atoms. The molecule has 0 saturated heterocycles. The highest BCUT2D eigenvalue weighted by Gasteiger charge is 2.20. The SMILES string of the molecule is C=CCn1c(C)nnc1S[C@@H](C)C(=O)Nc1nc(-c2ccc(CC)cc2)cs1. The van der Waals surface area contributed by atoms with Crippen molar-refractivity contribution in [1.82, 2.24) is 19.7 Å². The van der Waals surface area contributed by atoms with Gasteiger partial charge in [0.05, 0.1) is 10.9 Å². The van der Waals surface area contributed by atoms with Gasteiger partial charge in [0.1, 0.15) is 5.82 Å². The molecular weight excluding hydrogens is 390 g/mol. The summed E-state index contributed by atoms with van der Waals surface area (Å²) in [5.74, 6) is 0.687. The molecule has 2 aromatic heterocycles. The summed E-state index contributed by atoms with van der Waals surface area (Å²) in [5.41, 5.74) is 3.20. The largest absolute Gasteiger partial charge is 0.302 e. The van der Waals surface area contributed by atoms with Gasteiger partial charge in [-0.05, 0) is 25.8 Å². The van der Waals surface area contributed by atoms with Crippen molar-refractivity contribution in [1.29, 1.82) is 0 Å². The van der Waals surface area contributed by atoms with Crippen LogP contribution in [0.15, 0.2) is 47.5 Å². The highest BCUT2D eigenvalue weighted by atomic mass is 32.2. The monoisotopic (exact) mass is 413 g/mol. The van der Waals surface area contributed by atoms with E-state index < -0.39 is 0 Å². The van der Waals surface area contributed by atoms with Crippen molar-refractivity contribution in [2.45, 2.75) is 44.1 Å². The molecule has 8 heteroatoms. The predicted octanol–water partition coefficient (Wildman–Crippen LogP) is 4.58. The lowest BCUT2D eigenvalue weighted by atomic mass is 10.1. The number of nitrogens with zero attached hydrogens (tertiary/aromatic N) is 4. The first-order valence-electron chi connectivity index (χ1n) is 9.04. The second-order valence-electron chi connectivity index (χ2n) is 6.27. The first-order chi connectivity index (χ1) is 13.5. The Kier molecular flexibility index (Phi) is 6.64. The minimum Gasteiger partial charge on any atom is -0.302 e. The number of amides is 1. The maximum Gasteiger partial charge on any atom is 0.239 e. The fraction of sp³-hybridized carbons (Fsp3) is 0.300. The topological polar surface area (TPSA) is 72.7 Å². The van der Waals surface area contributed by atoms with Crippen molar-refractivity contribution in [3.8, 4) is 11.3 Å². The molecule has 0 bridgehead atoms. The number of rotatable bonds is 8. The lowest BCUT2D eigenvalue weighted by Gasteiger charge is -2.11. The molecule has 2 heterocycles. The molecule has 0 aliphatic heterocycles. The Morgan fingerprint density at radius 2 is 2.11 bits per heavy atom. The van der Waals surface area contributed by atoms with Crippen molar-refractivity contribution in [2.75, 3.05) is 5.32 Å². The number of aromatic nitrogens is 4. The number of carbonyl (C=O) groups excluding carboxylic acids is 1. The van der Waals surface area contributed by atoms with Gasteiger partial charge in [0, 0.05) is 17.5 Å². The smallest absolute Gasteiger partial charge is 0.239 e. The molecule has 146 valence electrons. The van der Waals surface area contributed by atoms with Gasteiger partial charge in [0.25, 0.3) is 0 Å². The second-order valence-corrected chi connectivity index (χ2v) is 8.43. The van der Waals surface area contributed by atoms with Gasteiger partial charge in [0.15, 0.2) is 10.3 Å². The first-order valence-corrected chi connectivity index (χ1v) is 10.8. The Hall–Kier alpha value is -2.45. The average Bonchev–Trinajstić information content (AvgIpc) is 3.30. The summed E-state index contributed by atoms with van der Waals surface area (Å²) in [7, 11) is 0. The maximum absolute atomic E-state index is 12.6. The number of aryl methyl sites for hydroxylation is 2. The molecule has 0 radical (unpaired) electrons. The van der Waals surface area contributed by atoms with E-state index in [0.717, 1.165) is 23.5 Å². The van der Waals surface area contributed by atoms with Crippen molar-refractivity contribution < 1.29 is 4.79 Å². The molecule has 28 heavy (non-hydrogen) atoms. The highest BCUT2D eigenvalue weighted by Crippen LogP contribution is 2.27. The van der Waals surface area contributed by atoms with Crippen LogP contribution in [0, 0.1) is 6.92 Å². The lowest BCUT2D eigenvalue weighted by Crippen LogP contribution is -2.22. The number of allylic oxidation sites excluding steroid dienone is 1. The zero-order chi connectivity index (χ0) is 20.1. The molecule has 0 saturated carbocycles. The van der Waals surface area contributed by atoms with E-state index in [1.807, 2.05) is 23.8 Å². The Morgan fingerprint density at radius 3 is 2.79 bits per heavy atom. The molecule has 0 unspecified atom stereocenters. The van der Waals surface area contributed by atoms with Crippen LogP contribution in [-0.2, 0) is 17.8 Å². The van der Waals surface area contributed by atoms with Crippen LogP contribution in [0.25, 0.3) is 11.3 Å². The second kappa shape index (κ2) is 9.16. The number of carbonyl (C=O) groups is 1. The van der Waals surface area contributed by atoms with E-state index in [1.54, 1.807) is 6.08 Å². The van der Waals surface area contributed by atoms with E-state index in [-0.39, 0.29) is 11.2 Å². The van der Waals surface area contributed by atoms with Gasteiger partial charge in [-0.15, -0.1) is 28.1 Å². The summed E-state index contributed by atoms with van der Waals surface area (Å²) in [4.78, 5) is 17.1. The standard InChI is InChI=1S/C20H23N5OS2/c1-5-11-25-14(4)23-24-20(25)28-13(3)18(26)22-19-21-17(12-27-19)16-9-7-15(6-2)8-10-16/h5,7-10,12-13H,1,6,11H2,2-4H3,(H,21,22,26)/t13-/m0/s1. The molecule has 0 aliphatic carbocycles. The molecule has 1 atom stereocenters. The van der Waals surface area contributed by atoms with Crippen LogP contribution in [0.5, 0.6) is 0 Å². The van der Waals surface area contributed by atoms with Crippen molar-refractivity contribution >= 4 is 34.1 Å². The number of thiazole rings is 1. The number of hydrogen-bond acceptors (Lipinski definition) is 6.